The van der Waals surface area contributed by atoms with Crippen LogP contribution in [0.4, 0.5) is 4.39 Å². The quantitative estimate of drug-likeness (QED) is 0.423. The second kappa shape index (κ2) is 5.49. The minimum atomic E-state index is -3.86. The van der Waals surface area contributed by atoms with Crippen molar-refractivity contribution in [3.05, 3.63) is 47.1 Å². The Morgan fingerprint density at radius 2 is 1.85 bits per heavy atom. The van der Waals surface area contributed by atoms with Crippen molar-refractivity contribution in [2.45, 2.75) is 30.6 Å². The Morgan fingerprint density at radius 1 is 1.15 bits per heavy atom. The van der Waals surface area contributed by atoms with Crippen LogP contribution in [0.2, 0.25) is 5.02 Å². The number of nitrogens with zero attached hydrogens (tertiary/aromatic N) is 3. The molecule has 10 heteroatoms. The van der Waals surface area contributed by atoms with Gasteiger partial charge in [-0.25, -0.2) is 9.07 Å². The third-order valence-electron chi connectivity index (χ3n) is 4.48. The van der Waals surface area contributed by atoms with E-state index in [0.717, 1.165) is 24.7 Å². The summed E-state index contributed by atoms with van der Waals surface area (Å²) in [5, 5.41) is 51.0. The molecule has 0 saturated heterocycles. The van der Waals surface area contributed by atoms with E-state index >= 15 is 0 Å². The van der Waals surface area contributed by atoms with Crippen molar-refractivity contribution in [3.8, 4) is 5.69 Å². The van der Waals surface area contributed by atoms with Crippen molar-refractivity contribution in [2.75, 3.05) is 0 Å². The summed E-state index contributed by atoms with van der Waals surface area (Å²) in [5.74, 6) is -7.79. The molecule has 3 aromatic rings. The summed E-state index contributed by atoms with van der Waals surface area (Å²) in [6.45, 7) is 0. The molecule has 0 atom stereocenters. The van der Waals surface area contributed by atoms with Gasteiger partial charge in [0.1, 0.15) is 0 Å². The van der Waals surface area contributed by atoms with Gasteiger partial charge in [-0.2, -0.15) is 5.10 Å². The van der Waals surface area contributed by atoms with E-state index < -0.39 is 17.7 Å². The van der Waals surface area contributed by atoms with Gasteiger partial charge in [-0.1, -0.05) is 17.7 Å². The second-order valence-electron chi connectivity index (χ2n) is 6.39. The van der Waals surface area contributed by atoms with E-state index in [1.807, 2.05) is 6.07 Å². The van der Waals surface area contributed by atoms with Crippen molar-refractivity contribution in [1.29, 1.82) is 0 Å². The summed E-state index contributed by atoms with van der Waals surface area (Å²) in [7, 11) is 0. The number of benzene rings is 1. The summed E-state index contributed by atoms with van der Waals surface area (Å²) in [5.41, 5.74) is 1.23. The van der Waals surface area contributed by atoms with E-state index in [0.29, 0.717) is 10.1 Å². The van der Waals surface area contributed by atoms with Gasteiger partial charge in [0, 0.05) is 11.1 Å². The molecule has 0 unspecified atom stereocenters. The van der Waals surface area contributed by atoms with Crippen LogP contribution in [0.5, 0.6) is 0 Å². The van der Waals surface area contributed by atoms with Gasteiger partial charge < -0.3 is 30.1 Å². The lowest BCUT2D eigenvalue weighted by atomic mass is 10.2. The van der Waals surface area contributed by atoms with Crippen LogP contribution in [0.15, 0.2) is 30.6 Å². The van der Waals surface area contributed by atoms with Crippen LogP contribution < -0.4 is 0 Å². The average Bonchev–Trinajstić information content (AvgIpc) is 3.14. The number of aliphatic hydroxyl groups is 5. The predicted octanol–water partition coefficient (Wildman–Crippen LogP) is 0.722. The molecule has 1 aliphatic rings. The molecule has 1 aliphatic carbocycles. The fourth-order valence-corrected chi connectivity index (χ4v) is 3.11. The Morgan fingerprint density at radius 3 is 2.46 bits per heavy atom. The lowest BCUT2D eigenvalue weighted by Crippen LogP contribution is -2.56. The zero-order valence-corrected chi connectivity index (χ0v) is 14.0. The summed E-state index contributed by atoms with van der Waals surface area (Å²) in [6, 6.07) is 4.95. The highest BCUT2D eigenvalue weighted by Gasteiger charge is 2.49. The van der Waals surface area contributed by atoms with Gasteiger partial charge in [0.25, 0.3) is 0 Å². The first-order valence-electron chi connectivity index (χ1n) is 7.78. The van der Waals surface area contributed by atoms with Crippen molar-refractivity contribution >= 4 is 22.5 Å². The van der Waals surface area contributed by atoms with Crippen LogP contribution in [0, 0.1) is 5.82 Å². The van der Waals surface area contributed by atoms with E-state index in [-0.39, 0.29) is 22.1 Å². The minimum Gasteiger partial charge on any atom is -0.341 e. The van der Waals surface area contributed by atoms with Crippen molar-refractivity contribution < 1.29 is 29.9 Å². The maximum Gasteiger partial charge on any atom is 0.357 e. The average molecular weight is 384 g/mol. The lowest BCUT2D eigenvalue weighted by Gasteiger charge is -2.29. The molecule has 26 heavy (non-hydrogen) atoms. The van der Waals surface area contributed by atoms with Gasteiger partial charge in [-0.3, -0.25) is 0 Å². The number of halogens is 2. The standard InChI is InChI=1S/C16H15ClFN3O5/c17-11-4-3-9-5-12(8-1-2-8)21(14(9)13(11)18)10-6-19-20(7-10)15(22,23)16(24,25)26/h3-8,22-26H,1-2H2. The van der Waals surface area contributed by atoms with E-state index in [1.54, 1.807) is 10.6 Å². The molecule has 0 aliphatic heterocycles. The monoisotopic (exact) mass is 383 g/mol. The van der Waals surface area contributed by atoms with Gasteiger partial charge in [0.15, 0.2) is 5.82 Å². The highest BCUT2D eigenvalue weighted by Crippen LogP contribution is 2.44. The van der Waals surface area contributed by atoms with Crippen LogP contribution >= 0.6 is 11.6 Å². The van der Waals surface area contributed by atoms with Crippen molar-refractivity contribution in [1.82, 2.24) is 14.3 Å². The number of rotatable bonds is 4. The predicted molar refractivity (Wildman–Crippen MR) is 87.8 cm³/mol. The summed E-state index contributed by atoms with van der Waals surface area (Å²) >= 11 is 5.90. The van der Waals surface area contributed by atoms with E-state index in [4.69, 9.17) is 26.9 Å². The SMILES string of the molecule is OC(O)(O)C(O)(O)n1cc(-n2c(C3CC3)cc3ccc(Cl)c(F)c32)cn1. The number of hydrogen-bond acceptors (Lipinski definition) is 6. The molecule has 4 rings (SSSR count). The highest BCUT2D eigenvalue weighted by molar-refractivity contribution is 6.31. The molecule has 1 fully saturated rings. The van der Waals surface area contributed by atoms with Crippen LogP contribution in [0.3, 0.4) is 0 Å². The molecular weight excluding hydrogens is 369 g/mol. The minimum absolute atomic E-state index is 0.0645. The zero-order chi connectivity index (χ0) is 18.9. The lowest BCUT2D eigenvalue weighted by molar-refractivity contribution is -0.483. The normalized spacial score (nSPS) is 15.8. The molecule has 0 radical (unpaired) electrons. The topological polar surface area (TPSA) is 124 Å². The smallest absolute Gasteiger partial charge is 0.341 e. The van der Waals surface area contributed by atoms with Crippen LogP contribution in [-0.2, 0) is 5.91 Å². The number of aromatic nitrogens is 3. The Bertz CT molecular complexity index is 1000. The van der Waals surface area contributed by atoms with Gasteiger partial charge in [-0.05, 0) is 30.9 Å². The molecule has 1 saturated carbocycles. The molecule has 0 bridgehead atoms. The summed E-state index contributed by atoms with van der Waals surface area (Å²) in [6.07, 6.45) is 4.08. The Kier molecular flexibility index (Phi) is 3.68. The Hall–Kier alpha value is -2.01. The largest absolute Gasteiger partial charge is 0.357 e. The molecule has 2 aromatic heterocycles. The molecule has 0 amide bonds. The van der Waals surface area contributed by atoms with Gasteiger partial charge in [0.2, 0.25) is 0 Å². The van der Waals surface area contributed by atoms with E-state index in [2.05, 4.69) is 5.10 Å². The van der Waals surface area contributed by atoms with E-state index in [9.17, 15) is 14.6 Å². The van der Waals surface area contributed by atoms with Gasteiger partial charge in [0.05, 0.1) is 28.6 Å². The molecule has 1 aromatic carbocycles. The maximum absolute atomic E-state index is 14.7. The van der Waals surface area contributed by atoms with E-state index in [1.165, 1.54) is 12.3 Å². The summed E-state index contributed by atoms with van der Waals surface area (Å²) in [4.78, 5) is 0. The molecule has 138 valence electrons. The molecule has 8 nitrogen and oxygen atoms in total. The number of fused-ring (bicyclic) bond motifs is 1. The summed E-state index contributed by atoms with van der Waals surface area (Å²) < 4.78 is 16.6. The second-order valence-corrected chi connectivity index (χ2v) is 6.80. The fourth-order valence-electron chi connectivity index (χ4n) is 2.96. The molecule has 2 heterocycles. The highest BCUT2D eigenvalue weighted by atomic mass is 35.5. The third-order valence-corrected chi connectivity index (χ3v) is 4.77. The fraction of sp³-hybridized carbons (Fsp3) is 0.312. The van der Waals surface area contributed by atoms with Crippen LogP contribution in [0.25, 0.3) is 16.6 Å². The Balaban J connectivity index is 1.93. The van der Waals surface area contributed by atoms with Crippen LogP contribution in [0.1, 0.15) is 24.5 Å². The third kappa shape index (κ3) is 2.52. The molecular formula is C16H15ClFN3O5. The van der Waals surface area contributed by atoms with Crippen molar-refractivity contribution in [3.63, 3.8) is 0 Å². The first-order chi connectivity index (χ1) is 12.1. The van der Waals surface area contributed by atoms with Gasteiger partial charge >= 0.3 is 11.9 Å². The molecule has 0 spiro atoms. The maximum atomic E-state index is 14.7. The van der Waals surface area contributed by atoms with Crippen LogP contribution in [-0.4, -0.2) is 45.9 Å². The van der Waals surface area contributed by atoms with Crippen molar-refractivity contribution in [2.24, 2.45) is 0 Å². The number of hydrogen-bond donors (Lipinski definition) is 5. The molecule has 5 N–H and O–H groups in total. The Labute approximate surface area is 150 Å². The first kappa shape index (κ1) is 17.4. The first-order valence-corrected chi connectivity index (χ1v) is 8.16. The van der Waals surface area contributed by atoms with Gasteiger partial charge in [-0.15, -0.1) is 0 Å². The zero-order valence-electron chi connectivity index (χ0n) is 13.2.